The molecule has 17 aromatic rings. The van der Waals surface area contributed by atoms with Gasteiger partial charge in [0.15, 0.2) is 11.6 Å². The van der Waals surface area contributed by atoms with Crippen molar-refractivity contribution >= 4 is 65.4 Å². The molecule has 0 saturated heterocycles. The molecule has 13 aromatic carbocycles. The fraction of sp³-hybridized carbons (Fsp3) is 0.0471. The van der Waals surface area contributed by atoms with E-state index in [-0.39, 0.29) is 5.41 Å². The predicted molar refractivity (Wildman–Crippen MR) is 373 cm³/mol. The molecule has 0 saturated carbocycles. The van der Waals surface area contributed by atoms with E-state index in [1.54, 1.807) is 0 Å². The number of aromatic nitrogens is 6. The van der Waals surface area contributed by atoms with Gasteiger partial charge in [0.25, 0.3) is 0 Å². The Labute approximate surface area is 524 Å². The highest BCUT2D eigenvalue weighted by Crippen LogP contribution is 2.66. The van der Waals surface area contributed by atoms with Crippen molar-refractivity contribution in [2.24, 2.45) is 0 Å². The number of hydrogen-bond donors (Lipinski definition) is 0. The molecule has 0 radical (unpaired) electrons. The van der Waals surface area contributed by atoms with Crippen LogP contribution in [0.2, 0.25) is 0 Å². The van der Waals surface area contributed by atoms with E-state index in [1.807, 2.05) is 12.1 Å². The van der Waals surface area contributed by atoms with Crippen LogP contribution >= 0.6 is 0 Å². The molecule has 1 atom stereocenters. The van der Waals surface area contributed by atoms with Crippen LogP contribution in [0.3, 0.4) is 0 Å². The van der Waals surface area contributed by atoms with Crippen molar-refractivity contribution in [3.8, 4) is 84.6 Å². The topological polar surface area (TPSA) is 53.5 Å². The van der Waals surface area contributed by atoms with E-state index >= 15 is 0 Å². The van der Waals surface area contributed by atoms with E-state index in [2.05, 4.69) is 307 Å². The van der Waals surface area contributed by atoms with Crippen LogP contribution in [0.4, 0.5) is 0 Å². The average molecular weight is 1160 g/mol. The molecule has 3 aliphatic carbocycles. The predicted octanol–water partition coefficient (Wildman–Crippen LogP) is 20.8. The monoisotopic (exact) mass is 1160 g/mol. The molecular formula is C85H54N6. The Morgan fingerprint density at radius 1 is 0.264 bits per heavy atom. The van der Waals surface area contributed by atoms with Crippen molar-refractivity contribution < 1.29 is 0 Å². The van der Waals surface area contributed by atoms with Gasteiger partial charge in [0, 0.05) is 71.4 Å². The van der Waals surface area contributed by atoms with Crippen LogP contribution in [0, 0.1) is 0 Å². The average Bonchev–Trinajstić information content (AvgIpc) is 1.49. The molecule has 0 bridgehead atoms. The third-order valence-corrected chi connectivity index (χ3v) is 20.5. The van der Waals surface area contributed by atoms with Crippen molar-refractivity contribution in [2.75, 3.05) is 0 Å². The van der Waals surface area contributed by atoms with Crippen LogP contribution in [0.25, 0.3) is 150 Å². The van der Waals surface area contributed by atoms with Gasteiger partial charge in [-0.1, -0.05) is 238 Å². The first-order chi connectivity index (χ1) is 44.9. The van der Waals surface area contributed by atoms with E-state index < -0.39 is 5.41 Å². The summed E-state index contributed by atoms with van der Waals surface area (Å²) in [5.74, 6) is 1.77. The Bertz CT molecular complexity index is 5910. The Hall–Kier alpha value is -11.7. The molecule has 6 heteroatoms. The van der Waals surface area contributed by atoms with Gasteiger partial charge in [0.05, 0.1) is 38.5 Å². The third-order valence-electron chi connectivity index (χ3n) is 20.5. The second kappa shape index (κ2) is 18.4. The van der Waals surface area contributed by atoms with Crippen LogP contribution in [0.5, 0.6) is 0 Å². The number of para-hydroxylation sites is 3. The van der Waals surface area contributed by atoms with E-state index in [4.69, 9.17) is 15.0 Å². The molecule has 91 heavy (non-hydrogen) atoms. The molecule has 4 heterocycles. The summed E-state index contributed by atoms with van der Waals surface area (Å²) in [5, 5.41) is 7.16. The van der Waals surface area contributed by atoms with Gasteiger partial charge in [0.1, 0.15) is 0 Å². The minimum absolute atomic E-state index is 0.141. The van der Waals surface area contributed by atoms with E-state index in [1.165, 1.54) is 110 Å². The van der Waals surface area contributed by atoms with Crippen molar-refractivity contribution in [2.45, 2.75) is 24.7 Å². The van der Waals surface area contributed by atoms with E-state index in [9.17, 15) is 0 Å². The maximum Gasteiger partial charge on any atom is 0.238 e. The van der Waals surface area contributed by atoms with Crippen LogP contribution in [0.1, 0.15) is 47.2 Å². The minimum Gasteiger partial charge on any atom is -0.309 e. The second-order valence-corrected chi connectivity index (χ2v) is 25.4. The first-order valence-corrected chi connectivity index (χ1v) is 31.5. The lowest BCUT2D eigenvalue weighted by Gasteiger charge is -2.30. The maximum absolute atomic E-state index is 5.56. The molecule has 20 rings (SSSR count). The van der Waals surface area contributed by atoms with Crippen LogP contribution in [-0.4, -0.2) is 28.7 Å². The summed E-state index contributed by atoms with van der Waals surface area (Å²) in [6.07, 6.45) is 0. The van der Waals surface area contributed by atoms with Gasteiger partial charge in [-0.15, -0.1) is 0 Å². The summed E-state index contributed by atoms with van der Waals surface area (Å²) < 4.78 is 7.32. The molecule has 424 valence electrons. The summed E-state index contributed by atoms with van der Waals surface area (Å²) in [4.78, 5) is 16.4. The molecule has 4 aromatic heterocycles. The van der Waals surface area contributed by atoms with Gasteiger partial charge >= 0.3 is 0 Å². The van der Waals surface area contributed by atoms with Gasteiger partial charge < -0.3 is 9.13 Å². The first kappa shape index (κ1) is 50.3. The quantitative estimate of drug-likeness (QED) is 0.167. The minimum atomic E-state index is -0.680. The second-order valence-electron chi connectivity index (χ2n) is 25.4. The smallest absolute Gasteiger partial charge is 0.238 e. The number of benzene rings is 13. The molecule has 0 fully saturated rings. The normalized spacial score (nSPS) is 14.8. The number of fused-ring (bicyclic) bond motifs is 24. The summed E-state index contributed by atoms with van der Waals surface area (Å²) in [7, 11) is 0. The van der Waals surface area contributed by atoms with E-state index in [0.29, 0.717) is 17.6 Å². The maximum atomic E-state index is 5.56. The largest absolute Gasteiger partial charge is 0.309 e. The molecule has 0 N–H and O–H groups in total. The lowest BCUT2D eigenvalue weighted by atomic mass is 9.70. The zero-order valence-electron chi connectivity index (χ0n) is 49.9. The van der Waals surface area contributed by atoms with Gasteiger partial charge in [0.2, 0.25) is 5.95 Å². The van der Waals surface area contributed by atoms with Gasteiger partial charge in [-0.05, 0) is 133 Å². The molecule has 0 amide bonds. The number of hydrogen-bond acceptors (Lipinski definition) is 3. The highest BCUT2D eigenvalue weighted by atomic mass is 15.2. The number of rotatable bonds is 6. The molecule has 1 unspecified atom stereocenters. The fourth-order valence-electron chi connectivity index (χ4n) is 16.6. The highest BCUT2D eigenvalue weighted by molar-refractivity contribution is 6.20. The Kier molecular flexibility index (Phi) is 10.2. The van der Waals surface area contributed by atoms with Crippen molar-refractivity contribution in [3.63, 3.8) is 0 Å². The molecular weight excluding hydrogens is 1100 g/mol. The molecule has 6 nitrogen and oxygen atoms in total. The molecule has 3 aliphatic rings. The summed E-state index contributed by atoms with van der Waals surface area (Å²) >= 11 is 0. The van der Waals surface area contributed by atoms with Crippen molar-refractivity contribution in [3.05, 3.63) is 325 Å². The van der Waals surface area contributed by atoms with Crippen LogP contribution in [-0.2, 0) is 10.8 Å². The summed E-state index contributed by atoms with van der Waals surface area (Å²) in [6, 6.07) is 107. The zero-order chi connectivity index (χ0) is 59.8. The summed E-state index contributed by atoms with van der Waals surface area (Å²) in [6.45, 7) is 4.74. The van der Waals surface area contributed by atoms with Crippen molar-refractivity contribution in [1.82, 2.24) is 28.7 Å². The van der Waals surface area contributed by atoms with Gasteiger partial charge in [-0.25, -0.2) is 4.98 Å². The first-order valence-electron chi connectivity index (χ1n) is 31.5. The fourth-order valence-corrected chi connectivity index (χ4v) is 16.6. The van der Waals surface area contributed by atoms with E-state index in [0.717, 1.165) is 55.4 Å². The van der Waals surface area contributed by atoms with Crippen LogP contribution in [0.15, 0.2) is 291 Å². The Morgan fingerprint density at radius 3 is 1.32 bits per heavy atom. The molecule has 1 spiro atoms. The molecule has 0 aliphatic heterocycles. The Balaban J connectivity index is 0.878. The van der Waals surface area contributed by atoms with Crippen molar-refractivity contribution in [1.29, 1.82) is 0 Å². The Morgan fingerprint density at radius 2 is 0.714 bits per heavy atom. The van der Waals surface area contributed by atoms with Gasteiger partial charge in [-0.3, -0.25) is 4.57 Å². The lowest BCUT2D eigenvalue weighted by molar-refractivity contribution is 0.661. The number of nitrogens with zero attached hydrogens (tertiary/aromatic N) is 6. The standard InChI is InChI=1S/C85H54N6/c1-84(2)67-35-19-15-31-57(67)63-49-66-65-48-54(39-45-74(65)89(76(66)50-72(63)84)55-27-11-5-12-28-55)53-40-46-75-64(47-53)60-42-44-71-78(80(60)91(75)83-87-81(51-23-7-3-8-24-51)86-82(88-83)52-25-9-4-10-26-52)62-34-17-21-37-69(62)85(71)68-36-20-16-33-61(68)77-70(85)43-41-59-58-32-18-22-38-73(58)90(79(59)77)56-29-13-6-14-30-56/h3-50H,1-2H3. The van der Waals surface area contributed by atoms with Crippen LogP contribution < -0.4 is 0 Å². The summed E-state index contributed by atoms with van der Waals surface area (Å²) in [5.41, 5.74) is 27.7. The zero-order valence-corrected chi connectivity index (χ0v) is 49.9. The lowest BCUT2D eigenvalue weighted by Crippen LogP contribution is -2.25. The van der Waals surface area contributed by atoms with Gasteiger partial charge in [-0.2, -0.15) is 9.97 Å². The highest BCUT2D eigenvalue weighted by Gasteiger charge is 2.53. The SMILES string of the molecule is CC1(C)c2ccccc2-c2cc3c4cc(-c5ccc6c(c5)c5ccc7c(c5n6-c5nc(-c6ccccc6)nc(-c6ccccc6)n5)-c5ccccc5C75c6ccccc6-c6c5ccc5c7ccccc7n(-c7ccccc7)c65)ccc4n(-c4ccccc4)c3cc21. The third kappa shape index (κ3) is 6.72.